The van der Waals surface area contributed by atoms with E-state index in [-0.39, 0.29) is 11.9 Å². The number of carbonyl (C=O) groups excluding carboxylic acids is 4. The average Bonchev–Trinajstić information content (AvgIpc) is 3.37. The van der Waals surface area contributed by atoms with Crippen molar-refractivity contribution in [3.8, 4) is 23.0 Å². The molecular formula is C56H76O14. The minimum atomic E-state index is -0.447. The second-order valence-electron chi connectivity index (χ2n) is 16.9. The molecule has 3 aromatic rings. The van der Waals surface area contributed by atoms with Crippen LogP contribution in [0.3, 0.4) is 0 Å². The zero-order valence-electron chi connectivity index (χ0n) is 42.2. The normalized spacial score (nSPS) is 11.1. The van der Waals surface area contributed by atoms with Crippen molar-refractivity contribution in [1.82, 2.24) is 0 Å². The molecule has 14 heteroatoms. The number of rotatable bonds is 38. The molecule has 0 saturated heterocycles. The van der Waals surface area contributed by atoms with Crippen LogP contribution in [0.4, 0.5) is 0 Å². The molecule has 0 aliphatic carbocycles. The SMILES string of the molecule is C=C(C)C(=O)OCCCCCCCCCCCOC(=O)c1cc(CCCCCCOOc2ccc(/C=C/C(=O)OC)cc2OC)ccc1CCCCCCOOc1ccc(/C=C/C(=O)OC)cc1OC. The summed E-state index contributed by atoms with van der Waals surface area (Å²) in [6.07, 6.45) is 24.3. The highest BCUT2D eigenvalue weighted by molar-refractivity contribution is 5.91. The van der Waals surface area contributed by atoms with Gasteiger partial charge in [-0.2, -0.15) is 9.78 Å². The maximum absolute atomic E-state index is 13.6. The number of carbonyl (C=O) groups is 4. The van der Waals surface area contributed by atoms with Crippen molar-refractivity contribution in [1.29, 1.82) is 0 Å². The minimum Gasteiger partial charge on any atom is -0.493 e. The fourth-order valence-electron chi connectivity index (χ4n) is 7.22. The van der Waals surface area contributed by atoms with E-state index in [9.17, 15) is 19.2 Å². The molecule has 0 spiro atoms. The van der Waals surface area contributed by atoms with Gasteiger partial charge >= 0.3 is 23.9 Å². The van der Waals surface area contributed by atoms with Gasteiger partial charge in [0, 0.05) is 17.7 Å². The molecule has 0 amide bonds. The Morgan fingerprint density at radius 3 is 1.40 bits per heavy atom. The van der Waals surface area contributed by atoms with Crippen LogP contribution in [0.2, 0.25) is 0 Å². The quantitative estimate of drug-likeness (QED) is 0.0133. The maximum atomic E-state index is 13.6. The maximum Gasteiger partial charge on any atom is 0.338 e. The number of methoxy groups -OCH3 is 4. The van der Waals surface area contributed by atoms with Gasteiger partial charge in [0.1, 0.15) is 0 Å². The topological polar surface area (TPSA) is 161 Å². The first kappa shape index (κ1) is 58.2. The van der Waals surface area contributed by atoms with E-state index in [0.29, 0.717) is 60.6 Å². The summed E-state index contributed by atoms with van der Waals surface area (Å²) in [5.41, 5.74) is 4.70. The number of hydrogen-bond donors (Lipinski definition) is 0. The van der Waals surface area contributed by atoms with Crippen LogP contribution in [0.1, 0.15) is 149 Å². The third kappa shape index (κ3) is 24.4. The largest absolute Gasteiger partial charge is 0.493 e. The molecule has 0 radical (unpaired) electrons. The van der Waals surface area contributed by atoms with Crippen molar-refractivity contribution < 1.29 is 67.1 Å². The van der Waals surface area contributed by atoms with Gasteiger partial charge in [-0.3, -0.25) is 0 Å². The van der Waals surface area contributed by atoms with Crippen LogP contribution in [0.15, 0.2) is 78.9 Å². The molecule has 0 aromatic heterocycles. The highest BCUT2D eigenvalue weighted by Crippen LogP contribution is 2.30. The van der Waals surface area contributed by atoms with Crippen LogP contribution >= 0.6 is 0 Å². The predicted molar refractivity (Wildman–Crippen MR) is 270 cm³/mol. The Kier molecular flexibility index (Phi) is 29.9. The van der Waals surface area contributed by atoms with Crippen LogP contribution < -0.4 is 19.2 Å². The molecule has 0 atom stereocenters. The monoisotopic (exact) mass is 973 g/mol. The lowest BCUT2D eigenvalue weighted by molar-refractivity contribution is -0.208. The lowest BCUT2D eigenvalue weighted by Gasteiger charge is -2.13. The molecule has 3 rings (SSSR count). The number of unbranched alkanes of at least 4 members (excludes halogenated alkanes) is 14. The Labute approximate surface area is 415 Å². The predicted octanol–water partition coefficient (Wildman–Crippen LogP) is 12.1. The first-order valence-electron chi connectivity index (χ1n) is 24.7. The standard InChI is InChI=1S/C56H76O14/c1-43(2)55(59)65-36-20-14-10-8-7-9-11-15-21-37-66-56(60)48-40-44(24-18-12-16-22-38-67-69-49-32-27-45(41-51(49)61-3)29-34-53(57)63-5)26-31-47(48)25-19-13-17-23-39-68-70-50-33-28-46(42-52(50)62-4)30-35-54(58)64-6/h26-35,40-42H,1,7-25,36-39H2,2-6H3/b34-29+,35-30+. The summed E-state index contributed by atoms with van der Waals surface area (Å²) in [4.78, 5) is 69.9. The zero-order chi connectivity index (χ0) is 50.6. The molecule has 0 bridgehead atoms. The Bertz CT molecular complexity index is 2090. The van der Waals surface area contributed by atoms with Crippen molar-refractivity contribution in [2.45, 2.75) is 129 Å². The van der Waals surface area contributed by atoms with Gasteiger partial charge in [-0.15, -0.1) is 0 Å². The first-order valence-corrected chi connectivity index (χ1v) is 24.7. The van der Waals surface area contributed by atoms with Gasteiger partial charge < -0.3 is 38.2 Å². The molecule has 0 saturated carbocycles. The third-order valence-corrected chi connectivity index (χ3v) is 11.3. The zero-order valence-corrected chi connectivity index (χ0v) is 42.2. The van der Waals surface area contributed by atoms with Gasteiger partial charge in [-0.1, -0.05) is 101 Å². The lowest BCUT2D eigenvalue weighted by atomic mass is 9.96. The summed E-state index contributed by atoms with van der Waals surface area (Å²) in [5, 5.41) is 0. The third-order valence-electron chi connectivity index (χ3n) is 11.3. The van der Waals surface area contributed by atoms with E-state index >= 15 is 0 Å². The van der Waals surface area contributed by atoms with E-state index in [4.69, 9.17) is 38.5 Å². The van der Waals surface area contributed by atoms with Crippen molar-refractivity contribution in [2.24, 2.45) is 0 Å². The summed E-state index contributed by atoms with van der Waals surface area (Å²) in [6, 6.07) is 16.7. The molecule has 14 nitrogen and oxygen atoms in total. The highest BCUT2D eigenvalue weighted by Gasteiger charge is 2.15. The molecule has 0 heterocycles. The molecule has 70 heavy (non-hydrogen) atoms. The first-order chi connectivity index (χ1) is 34.1. The number of hydrogen-bond acceptors (Lipinski definition) is 14. The van der Waals surface area contributed by atoms with E-state index in [1.54, 1.807) is 55.5 Å². The molecule has 0 aliphatic rings. The number of esters is 4. The van der Waals surface area contributed by atoms with Crippen LogP contribution in [0, 0.1) is 0 Å². The smallest absolute Gasteiger partial charge is 0.338 e. The Morgan fingerprint density at radius 2 is 0.929 bits per heavy atom. The Hall–Kier alpha value is -6.12. The minimum absolute atomic E-state index is 0.264. The summed E-state index contributed by atoms with van der Waals surface area (Å²) in [5.74, 6) is 0.367. The van der Waals surface area contributed by atoms with Crippen LogP contribution in [0.25, 0.3) is 12.2 Å². The fourth-order valence-corrected chi connectivity index (χ4v) is 7.22. The Morgan fingerprint density at radius 1 is 0.486 bits per heavy atom. The molecule has 3 aromatic carbocycles. The van der Waals surface area contributed by atoms with Gasteiger partial charge in [0.05, 0.1) is 60.4 Å². The second-order valence-corrected chi connectivity index (χ2v) is 16.9. The summed E-state index contributed by atoms with van der Waals surface area (Å²) < 4.78 is 31.2. The fraction of sp³-hybridized carbons (Fsp3) is 0.500. The van der Waals surface area contributed by atoms with Crippen molar-refractivity contribution >= 4 is 36.0 Å². The number of benzene rings is 3. The second kappa shape index (κ2) is 35.9. The van der Waals surface area contributed by atoms with Crippen molar-refractivity contribution in [3.63, 3.8) is 0 Å². The summed E-state index contributed by atoms with van der Waals surface area (Å²) in [6.45, 7) is 6.93. The molecule has 384 valence electrons. The Balaban J connectivity index is 1.42. The molecule has 0 fully saturated rings. The summed E-state index contributed by atoms with van der Waals surface area (Å²) in [7, 11) is 5.73. The van der Waals surface area contributed by atoms with Crippen LogP contribution in [0.5, 0.6) is 23.0 Å². The van der Waals surface area contributed by atoms with Gasteiger partial charge in [0.25, 0.3) is 0 Å². The molecular weight excluding hydrogens is 897 g/mol. The van der Waals surface area contributed by atoms with Crippen LogP contribution in [-0.4, -0.2) is 78.7 Å². The number of aryl methyl sites for hydroxylation is 2. The average molecular weight is 973 g/mol. The molecule has 0 unspecified atom stereocenters. The van der Waals surface area contributed by atoms with Gasteiger partial charge in [-0.05, 0) is 123 Å². The highest BCUT2D eigenvalue weighted by atomic mass is 17.2. The van der Waals surface area contributed by atoms with E-state index < -0.39 is 11.9 Å². The van der Waals surface area contributed by atoms with Crippen molar-refractivity contribution in [3.05, 3.63) is 107 Å². The van der Waals surface area contributed by atoms with E-state index in [1.807, 2.05) is 6.07 Å². The van der Waals surface area contributed by atoms with Gasteiger partial charge in [-0.25, -0.2) is 19.2 Å². The van der Waals surface area contributed by atoms with E-state index in [1.165, 1.54) is 47.0 Å². The lowest BCUT2D eigenvalue weighted by Crippen LogP contribution is -2.10. The van der Waals surface area contributed by atoms with Gasteiger partial charge in [0.2, 0.25) is 11.5 Å². The summed E-state index contributed by atoms with van der Waals surface area (Å²) >= 11 is 0. The van der Waals surface area contributed by atoms with E-state index in [2.05, 4.69) is 28.2 Å². The van der Waals surface area contributed by atoms with E-state index in [0.717, 1.165) is 138 Å². The molecule has 0 aliphatic heterocycles. The molecule has 0 N–H and O–H groups in total. The van der Waals surface area contributed by atoms with Crippen molar-refractivity contribution in [2.75, 3.05) is 54.9 Å². The number of ether oxygens (including phenoxy) is 6. The van der Waals surface area contributed by atoms with Crippen LogP contribution in [-0.2, 0) is 55.9 Å². The van der Waals surface area contributed by atoms with Gasteiger partial charge in [0.15, 0.2) is 11.5 Å².